The van der Waals surface area contributed by atoms with E-state index in [-0.39, 0.29) is 37.4 Å². The summed E-state index contributed by atoms with van der Waals surface area (Å²) >= 11 is 0. The van der Waals surface area contributed by atoms with Crippen molar-refractivity contribution < 1.29 is 33.7 Å². The van der Waals surface area contributed by atoms with E-state index >= 15 is 0 Å². The van der Waals surface area contributed by atoms with Gasteiger partial charge in [0, 0.05) is 51.5 Å². The molecule has 1 spiro atoms. The van der Waals surface area contributed by atoms with E-state index in [0.717, 1.165) is 13.1 Å². The fourth-order valence-corrected chi connectivity index (χ4v) is 7.65. The molecule has 44 heavy (non-hydrogen) atoms. The minimum atomic E-state index is -1.17. The molecule has 11 nitrogen and oxygen atoms in total. The molecule has 2 bridgehead atoms. The first kappa shape index (κ1) is 32.2. The Balaban J connectivity index is 1.46. The maximum atomic E-state index is 14.5. The Bertz CT molecular complexity index is 1230. The molecule has 1 aromatic rings. The number of nitrogens with zero attached hydrogens (tertiary/aromatic N) is 4. The van der Waals surface area contributed by atoms with E-state index in [1.54, 1.807) is 22.0 Å². The monoisotopic (exact) mass is 610 g/mol. The first-order chi connectivity index (χ1) is 21.2. The summed E-state index contributed by atoms with van der Waals surface area (Å²) in [5, 5.41) is 9.99. The third-order valence-electron chi connectivity index (χ3n) is 9.61. The van der Waals surface area contributed by atoms with E-state index < -0.39 is 29.1 Å². The van der Waals surface area contributed by atoms with Crippen molar-refractivity contribution in [3.63, 3.8) is 0 Å². The van der Waals surface area contributed by atoms with E-state index in [0.29, 0.717) is 63.7 Å². The number of carbonyl (C=O) groups is 3. The van der Waals surface area contributed by atoms with Crippen LogP contribution in [0.25, 0.3) is 0 Å². The average molecular weight is 611 g/mol. The van der Waals surface area contributed by atoms with Gasteiger partial charge in [-0.15, -0.1) is 13.2 Å². The first-order valence-corrected chi connectivity index (χ1v) is 15.7. The number of likely N-dealkylation sites (tertiary alicyclic amines) is 1. The Hall–Kier alpha value is -3.25. The van der Waals surface area contributed by atoms with Crippen LogP contribution in [0.2, 0.25) is 0 Å². The number of fused-ring (bicyclic) bond motifs is 1. The number of hydrogen-bond acceptors (Lipinski definition) is 8. The Labute approximate surface area is 260 Å². The minimum Gasteiger partial charge on any atom is -0.494 e. The molecule has 4 heterocycles. The van der Waals surface area contributed by atoms with Crippen LogP contribution in [0, 0.1) is 11.8 Å². The second-order valence-electron chi connectivity index (χ2n) is 12.2. The van der Waals surface area contributed by atoms with Crippen LogP contribution in [0.1, 0.15) is 26.7 Å². The van der Waals surface area contributed by atoms with Crippen LogP contribution >= 0.6 is 0 Å². The molecule has 5 atom stereocenters. The molecular formula is C33H46N4O7. The van der Waals surface area contributed by atoms with Crippen molar-refractivity contribution in [3.8, 4) is 5.75 Å². The maximum absolute atomic E-state index is 14.5. The number of carbonyl (C=O) groups excluding carboxylic acids is 3. The Morgan fingerprint density at radius 1 is 1.09 bits per heavy atom. The standard InChI is InChI=1S/C33H46N4O7/c1-5-14-35(17-16-34-19-22-42-23-20-34)31(41)28-33-13-12-32(4,44-33)26(27(33)30(40)37(28)18-21-38)29(39)36(15-6-2)24-8-10-25(11-9-24)43-7-3/h5-6,8-11,26-28,38H,1-2,7,12-23H2,3-4H3/t26-,27+,28?,32+,33?/m1/s1. The molecule has 4 fully saturated rings. The summed E-state index contributed by atoms with van der Waals surface area (Å²) in [6, 6.07) is 6.32. The van der Waals surface area contributed by atoms with Crippen LogP contribution < -0.4 is 9.64 Å². The van der Waals surface area contributed by atoms with Gasteiger partial charge in [-0.05, 0) is 51.0 Å². The van der Waals surface area contributed by atoms with Crippen molar-refractivity contribution in [2.45, 2.75) is 43.9 Å². The summed E-state index contributed by atoms with van der Waals surface area (Å²) in [4.78, 5) is 50.3. The molecule has 0 aromatic heterocycles. The van der Waals surface area contributed by atoms with Crippen LogP contribution in [0.4, 0.5) is 5.69 Å². The van der Waals surface area contributed by atoms with Gasteiger partial charge in [0.25, 0.3) is 0 Å². The zero-order valence-corrected chi connectivity index (χ0v) is 26.0. The van der Waals surface area contributed by atoms with E-state index in [4.69, 9.17) is 14.2 Å². The van der Waals surface area contributed by atoms with Crippen LogP contribution in [-0.4, -0.2) is 127 Å². The second kappa shape index (κ2) is 13.4. The van der Waals surface area contributed by atoms with Crippen molar-refractivity contribution >= 4 is 23.4 Å². The summed E-state index contributed by atoms with van der Waals surface area (Å²) in [7, 11) is 0. The number of aliphatic hydroxyl groups excluding tert-OH is 1. The average Bonchev–Trinajstić information content (AvgIpc) is 3.59. The molecule has 3 amide bonds. The number of anilines is 1. The van der Waals surface area contributed by atoms with Gasteiger partial charge < -0.3 is 34.0 Å². The van der Waals surface area contributed by atoms with Crippen LogP contribution in [0.3, 0.4) is 0 Å². The van der Waals surface area contributed by atoms with E-state index in [1.807, 2.05) is 38.1 Å². The number of rotatable bonds is 14. The van der Waals surface area contributed by atoms with Crippen molar-refractivity contribution in [1.29, 1.82) is 0 Å². The number of aliphatic hydroxyl groups is 1. The largest absolute Gasteiger partial charge is 0.494 e. The number of amides is 3. The number of β-amino-alcohol motifs (C(OH)–C–C–N with tert-alkyl or cyclic N) is 1. The quantitative estimate of drug-likeness (QED) is 0.317. The summed E-state index contributed by atoms with van der Waals surface area (Å²) in [6.45, 7) is 16.3. The molecule has 1 aromatic carbocycles. The van der Waals surface area contributed by atoms with Gasteiger partial charge in [0.15, 0.2) is 0 Å². The number of benzene rings is 1. The third kappa shape index (κ3) is 5.66. The van der Waals surface area contributed by atoms with Crippen molar-refractivity contribution in [2.75, 3.05) is 77.1 Å². The Morgan fingerprint density at radius 3 is 2.43 bits per heavy atom. The van der Waals surface area contributed by atoms with Gasteiger partial charge in [-0.25, -0.2) is 0 Å². The van der Waals surface area contributed by atoms with E-state index in [1.165, 1.54) is 4.90 Å². The topological polar surface area (TPSA) is 112 Å². The predicted molar refractivity (Wildman–Crippen MR) is 165 cm³/mol. The van der Waals surface area contributed by atoms with Crippen molar-refractivity contribution in [1.82, 2.24) is 14.7 Å². The molecule has 0 aliphatic carbocycles. The Morgan fingerprint density at radius 2 is 1.80 bits per heavy atom. The van der Waals surface area contributed by atoms with Crippen molar-refractivity contribution in [3.05, 3.63) is 49.6 Å². The van der Waals surface area contributed by atoms with Gasteiger partial charge >= 0.3 is 0 Å². The van der Waals surface area contributed by atoms with Gasteiger partial charge in [0.05, 0.1) is 43.9 Å². The SMILES string of the molecule is C=CCN(CCN1CCOCC1)C(=O)C1N(CCO)C(=O)[C@@H]2[C@H](C(=O)N(CC=C)c3ccc(OCC)cc3)[C@]3(C)CCC12O3. The molecule has 240 valence electrons. The highest BCUT2D eigenvalue weighted by molar-refractivity contribution is 6.03. The summed E-state index contributed by atoms with van der Waals surface area (Å²) < 4.78 is 17.8. The number of hydrogen-bond donors (Lipinski definition) is 1. The van der Waals surface area contributed by atoms with Crippen LogP contribution in [-0.2, 0) is 23.9 Å². The highest BCUT2D eigenvalue weighted by Gasteiger charge is 2.78. The van der Waals surface area contributed by atoms with Gasteiger partial charge in [-0.3, -0.25) is 19.3 Å². The van der Waals surface area contributed by atoms with Gasteiger partial charge in [-0.1, -0.05) is 12.2 Å². The zero-order chi connectivity index (χ0) is 31.5. The van der Waals surface area contributed by atoms with Crippen LogP contribution in [0.15, 0.2) is 49.6 Å². The summed E-state index contributed by atoms with van der Waals surface area (Å²) in [6.07, 6.45) is 4.34. The molecule has 4 aliphatic rings. The van der Waals surface area contributed by atoms with Gasteiger partial charge in [-0.2, -0.15) is 0 Å². The van der Waals surface area contributed by atoms with Gasteiger partial charge in [0.1, 0.15) is 17.4 Å². The molecule has 5 rings (SSSR count). The van der Waals surface area contributed by atoms with Gasteiger partial charge in [0.2, 0.25) is 17.7 Å². The smallest absolute Gasteiger partial charge is 0.248 e. The van der Waals surface area contributed by atoms with E-state index in [2.05, 4.69) is 18.1 Å². The lowest BCUT2D eigenvalue weighted by molar-refractivity contribution is -0.151. The molecule has 0 radical (unpaired) electrons. The highest BCUT2D eigenvalue weighted by Crippen LogP contribution is 2.63. The maximum Gasteiger partial charge on any atom is 0.248 e. The molecule has 2 unspecified atom stereocenters. The highest BCUT2D eigenvalue weighted by atomic mass is 16.5. The second-order valence-corrected chi connectivity index (χ2v) is 12.2. The third-order valence-corrected chi connectivity index (χ3v) is 9.61. The molecule has 1 N–H and O–H groups in total. The van der Waals surface area contributed by atoms with E-state index in [9.17, 15) is 19.5 Å². The summed E-state index contributed by atoms with van der Waals surface area (Å²) in [5.41, 5.74) is -1.44. The molecule has 0 saturated carbocycles. The molecule has 11 heteroatoms. The van der Waals surface area contributed by atoms with Crippen molar-refractivity contribution in [2.24, 2.45) is 11.8 Å². The minimum absolute atomic E-state index is 0.0187. The lowest BCUT2D eigenvalue weighted by Gasteiger charge is -2.37. The summed E-state index contributed by atoms with van der Waals surface area (Å²) in [5.74, 6) is -1.78. The number of morpholine rings is 1. The number of ether oxygens (including phenoxy) is 3. The molecular weight excluding hydrogens is 564 g/mol. The fourth-order valence-electron chi connectivity index (χ4n) is 7.65. The normalized spacial score (nSPS) is 29.4. The lowest BCUT2D eigenvalue weighted by atomic mass is 9.66. The lowest BCUT2D eigenvalue weighted by Crippen LogP contribution is -2.57. The van der Waals surface area contributed by atoms with Crippen LogP contribution in [0.5, 0.6) is 5.75 Å². The molecule has 4 aliphatic heterocycles. The molecule has 4 saturated heterocycles. The zero-order valence-electron chi connectivity index (χ0n) is 26.0. The Kier molecular flexibility index (Phi) is 9.79. The predicted octanol–water partition coefficient (Wildman–Crippen LogP) is 1.71. The fraction of sp³-hybridized carbons (Fsp3) is 0.606. The first-order valence-electron chi connectivity index (χ1n) is 15.7.